The van der Waals surface area contributed by atoms with Gasteiger partial charge in [0.05, 0.1) is 27.8 Å². The third-order valence-electron chi connectivity index (χ3n) is 10.9. The molecule has 3 aromatic heterocycles. The molecule has 0 unspecified atom stereocenters. The Kier molecular flexibility index (Phi) is 7.46. The first-order valence-corrected chi connectivity index (χ1v) is 19.0. The highest BCUT2D eigenvalue weighted by Gasteiger charge is 2.20. The largest absolute Gasteiger partial charge is 0.309 e. The smallest absolute Gasteiger partial charge is 0.162 e. The SMILES string of the molecule is c1ccc(-c2cccc(-c3cccc(-c4nc(-c5ccccc5)cc(-n5c6ccccc6c6cc7c8ccccc8n(-c8ccccc8)c7cc65)n4)c3)c2)cc1. The van der Waals surface area contributed by atoms with Gasteiger partial charge in [0, 0.05) is 44.4 Å². The van der Waals surface area contributed by atoms with E-state index in [9.17, 15) is 0 Å². The van der Waals surface area contributed by atoms with E-state index < -0.39 is 0 Å². The summed E-state index contributed by atoms with van der Waals surface area (Å²) in [6.45, 7) is 0. The van der Waals surface area contributed by atoms with E-state index in [4.69, 9.17) is 9.97 Å². The maximum absolute atomic E-state index is 5.42. The van der Waals surface area contributed by atoms with E-state index in [0.29, 0.717) is 5.82 Å². The molecule has 0 spiro atoms. The van der Waals surface area contributed by atoms with E-state index in [1.807, 2.05) is 6.07 Å². The van der Waals surface area contributed by atoms with Crippen LogP contribution in [0.15, 0.2) is 206 Å². The molecule has 56 heavy (non-hydrogen) atoms. The summed E-state index contributed by atoms with van der Waals surface area (Å²) in [5.74, 6) is 1.49. The lowest BCUT2D eigenvalue weighted by molar-refractivity contribution is 1.05. The Labute approximate surface area is 324 Å². The summed E-state index contributed by atoms with van der Waals surface area (Å²) >= 11 is 0. The van der Waals surface area contributed by atoms with Crippen molar-refractivity contribution in [1.82, 2.24) is 19.1 Å². The van der Waals surface area contributed by atoms with Crippen LogP contribution in [-0.2, 0) is 0 Å². The van der Waals surface area contributed by atoms with Crippen LogP contribution in [0.2, 0.25) is 0 Å². The van der Waals surface area contributed by atoms with Crippen LogP contribution in [0.5, 0.6) is 0 Å². The highest BCUT2D eigenvalue weighted by atomic mass is 15.1. The minimum Gasteiger partial charge on any atom is -0.309 e. The number of para-hydroxylation sites is 3. The van der Waals surface area contributed by atoms with Crippen molar-refractivity contribution < 1.29 is 0 Å². The standard InChI is InChI=1S/C52H34N4/c1-4-16-35(17-5-1)37-20-14-21-38(30-37)39-22-15-23-40(31-39)52-53-46(36-18-6-2-7-19-36)33-51(54-52)56-48-29-13-11-27-43(48)45-32-44-42-26-10-12-28-47(42)55(49(44)34-50(45)56)41-24-8-3-9-25-41/h1-34H. The van der Waals surface area contributed by atoms with Crippen molar-refractivity contribution in [3.63, 3.8) is 0 Å². The van der Waals surface area contributed by atoms with Gasteiger partial charge in [-0.25, -0.2) is 9.97 Å². The van der Waals surface area contributed by atoms with Crippen molar-refractivity contribution in [2.75, 3.05) is 0 Å². The number of hydrogen-bond acceptors (Lipinski definition) is 2. The van der Waals surface area contributed by atoms with Gasteiger partial charge in [-0.15, -0.1) is 0 Å². The van der Waals surface area contributed by atoms with Crippen molar-refractivity contribution in [3.8, 4) is 56.4 Å². The summed E-state index contributed by atoms with van der Waals surface area (Å²) in [7, 11) is 0. The highest BCUT2D eigenvalue weighted by molar-refractivity contribution is 6.19. The number of benzene rings is 8. The van der Waals surface area contributed by atoms with Gasteiger partial charge in [0.1, 0.15) is 5.82 Å². The molecule has 4 nitrogen and oxygen atoms in total. The van der Waals surface area contributed by atoms with Crippen molar-refractivity contribution in [2.45, 2.75) is 0 Å². The van der Waals surface area contributed by atoms with Gasteiger partial charge in [0.15, 0.2) is 5.82 Å². The topological polar surface area (TPSA) is 35.6 Å². The predicted molar refractivity (Wildman–Crippen MR) is 232 cm³/mol. The van der Waals surface area contributed by atoms with Gasteiger partial charge >= 0.3 is 0 Å². The van der Waals surface area contributed by atoms with Gasteiger partial charge in [-0.2, -0.15) is 0 Å². The maximum atomic E-state index is 5.42. The van der Waals surface area contributed by atoms with E-state index in [-0.39, 0.29) is 0 Å². The zero-order valence-corrected chi connectivity index (χ0v) is 30.4. The third kappa shape index (κ3) is 5.31. The predicted octanol–water partition coefficient (Wildman–Crippen LogP) is 13.3. The van der Waals surface area contributed by atoms with Crippen molar-refractivity contribution in [1.29, 1.82) is 0 Å². The average Bonchev–Trinajstić information content (AvgIpc) is 3.78. The Morgan fingerprint density at radius 2 is 0.768 bits per heavy atom. The van der Waals surface area contributed by atoms with E-state index in [1.54, 1.807) is 0 Å². The molecule has 0 aliphatic rings. The molecule has 8 aromatic carbocycles. The lowest BCUT2D eigenvalue weighted by atomic mass is 9.98. The molecule has 11 rings (SSSR count). The monoisotopic (exact) mass is 714 g/mol. The normalized spacial score (nSPS) is 11.6. The summed E-state index contributed by atoms with van der Waals surface area (Å²) in [5.41, 5.74) is 13.2. The molecule has 3 heterocycles. The van der Waals surface area contributed by atoms with Crippen LogP contribution < -0.4 is 0 Å². The fourth-order valence-electron chi connectivity index (χ4n) is 8.31. The fraction of sp³-hybridized carbons (Fsp3) is 0. The number of rotatable bonds is 6. The van der Waals surface area contributed by atoms with Gasteiger partial charge in [0.25, 0.3) is 0 Å². The molecule has 0 radical (unpaired) electrons. The van der Waals surface area contributed by atoms with E-state index in [1.165, 1.54) is 38.2 Å². The van der Waals surface area contributed by atoms with E-state index in [0.717, 1.165) is 56.0 Å². The highest BCUT2D eigenvalue weighted by Crippen LogP contribution is 2.40. The van der Waals surface area contributed by atoms with E-state index in [2.05, 4.69) is 209 Å². The second kappa shape index (κ2) is 13.1. The first-order chi connectivity index (χ1) is 27.8. The third-order valence-corrected chi connectivity index (χ3v) is 10.9. The van der Waals surface area contributed by atoms with Crippen LogP contribution in [0, 0.1) is 0 Å². The first kappa shape index (κ1) is 31.9. The molecule has 0 N–H and O–H groups in total. The molecule has 0 atom stereocenters. The molecule has 11 aromatic rings. The van der Waals surface area contributed by atoms with Crippen LogP contribution in [-0.4, -0.2) is 19.1 Å². The second-order valence-electron chi connectivity index (χ2n) is 14.3. The number of aromatic nitrogens is 4. The van der Waals surface area contributed by atoms with Gasteiger partial charge in [-0.1, -0.05) is 152 Å². The Hall–Kier alpha value is -7.56. The molecule has 0 fully saturated rings. The summed E-state index contributed by atoms with van der Waals surface area (Å²) < 4.78 is 4.70. The van der Waals surface area contributed by atoms with Crippen molar-refractivity contribution in [3.05, 3.63) is 206 Å². The van der Waals surface area contributed by atoms with Crippen LogP contribution in [0.3, 0.4) is 0 Å². The molecule has 4 heteroatoms. The summed E-state index contributed by atoms with van der Waals surface area (Å²) in [6.07, 6.45) is 0. The fourth-order valence-corrected chi connectivity index (χ4v) is 8.31. The Balaban J connectivity index is 1.15. The molecule has 0 amide bonds. The van der Waals surface area contributed by atoms with Gasteiger partial charge in [-0.3, -0.25) is 4.57 Å². The summed E-state index contributed by atoms with van der Waals surface area (Å²) in [4.78, 5) is 10.7. The van der Waals surface area contributed by atoms with Crippen molar-refractivity contribution in [2.24, 2.45) is 0 Å². The number of hydrogen-bond donors (Lipinski definition) is 0. The zero-order chi connectivity index (χ0) is 37.0. The molecular weight excluding hydrogens is 681 g/mol. The molecular formula is C52H34N4. The Bertz CT molecular complexity index is 3230. The maximum Gasteiger partial charge on any atom is 0.162 e. The zero-order valence-electron chi connectivity index (χ0n) is 30.4. The molecule has 0 aliphatic heterocycles. The van der Waals surface area contributed by atoms with Crippen LogP contribution in [0.1, 0.15) is 0 Å². The molecule has 0 saturated heterocycles. The number of nitrogens with zero attached hydrogens (tertiary/aromatic N) is 4. The van der Waals surface area contributed by atoms with Crippen LogP contribution in [0.4, 0.5) is 0 Å². The first-order valence-electron chi connectivity index (χ1n) is 19.0. The minimum atomic E-state index is 0.674. The van der Waals surface area contributed by atoms with Gasteiger partial charge < -0.3 is 4.57 Å². The van der Waals surface area contributed by atoms with Gasteiger partial charge in [0.2, 0.25) is 0 Å². The number of fused-ring (bicyclic) bond motifs is 6. The van der Waals surface area contributed by atoms with E-state index >= 15 is 0 Å². The molecule has 0 aliphatic carbocycles. The molecule has 0 saturated carbocycles. The molecule has 262 valence electrons. The van der Waals surface area contributed by atoms with Crippen LogP contribution >= 0.6 is 0 Å². The quantitative estimate of drug-likeness (QED) is 0.172. The Morgan fingerprint density at radius 3 is 1.43 bits per heavy atom. The lowest BCUT2D eigenvalue weighted by Gasteiger charge is -2.13. The Morgan fingerprint density at radius 1 is 0.286 bits per heavy atom. The summed E-state index contributed by atoms with van der Waals surface area (Å²) in [6, 6.07) is 73.2. The lowest BCUT2D eigenvalue weighted by Crippen LogP contribution is -2.03. The summed E-state index contributed by atoms with van der Waals surface area (Å²) in [5, 5.41) is 4.82. The van der Waals surface area contributed by atoms with Crippen LogP contribution in [0.25, 0.3) is 100 Å². The minimum absolute atomic E-state index is 0.674. The second-order valence-corrected chi connectivity index (χ2v) is 14.3. The van der Waals surface area contributed by atoms with Crippen molar-refractivity contribution >= 4 is 43.6 Å². The average molecular weight is 715 g/mol. The molecule has 0 bridgehead atoms. The van der Waals surface area contributed by atoms with Gasteiger partial charge in [-0.05, 0) is 70.8 Å².